The first-order valence-electron chi connectivity index (χ1n) is 16.8. The molecule has 3 aromatic heterocycles. The minimum absolute atomic E-state index is 0.572. The van der Waals surface area contributed by atoms with Gasteiger partial charge in [-0.1, -0.05) is 146 Å². The maximum absolute atomic E-state index is 5.30. The molecule has 50 heavy (non-hydrogen) atoms. The Morgan fingerprint density at radius 3 is 1.46 bits per heavy atom. The van der Waals surface area contributed by atoms with Crippen molar-refractivity contribution in [3.05, 3.63) is 176 Å². The zero-order chi connectivity index (χ0) is 33.0. The summed E-state index contributed by atoms with van der Waals surface area (Å²) in [6, 6.07) is 61.4. The Morgan fingerprint density at radius 2 is 0.800 bits per heavy atom. The Morgan fingerprint density at radius 1 is 0.320 bits per heavy atom. The van der Waals surface area contributed by atoms with Crippen molar-refractivity contribution in [3.63, 3.8) is 0 Å². The van der Waals surface area contributed by atoms with E-state index in [1.54, 1.807) is 0 Å². The Hall–Kier alpha value is -6.85. The maximum Gasteiger partial charge on any atom is 0.238 e. The van der Waals surface area contributed by atoms with E-state index in [0.29, 0.717) is 17.6 Å². The van der Waals surface area contributed by atoms with E-state index in [-0.39, 0.29) is 0 Å². The molecule has 0 saturated carbocycles. The molecular formula is C45H29N5. The van der Waals surface area contributed by atoms with Crippen molar-refractivity contribution in [3.8, 4) is 45.5 Å². The highest BCUT2D eigenvalue weighted by Crippen LogP contribution is 2.41. The molecule has 10 rings (SSSR count). The van der Waals surface area contributed by atoms with Crippen molar-refractivity contribution in [2.24, 2.45) is 0 Å². The van der Waals surface area contributed by atoms with Gasteiger partial charge >= 0.3 is 0 Å². The van der Waals surface area contributed by atoms with Crippen LogP contribution in [0, 0.1) is 0 Å². The first kappa shape index (κ1) is 28.2. The smallest absolute Gasteiger partial charge is 0.238 e. The third-order valence-corrected chi connectivity index (χ3v) is 9.57. The first-order chi connectivity index (χ1) is 24.8. The number of nitrogens with zero attached hydrogens (tertiary/aromatic N) is 5. The molecule has 7 aromatic carbocycles. The second-order valence-corrected chi connectivity index (χ2v) is 12.5. The van der Waals surface area contributed by atoms with Crippen LogP contribution < -0.4 is 0 Å². The van der Waals surface area contributed by atoms with E-state index in [1.807, 2.05) is 24.3 Å². The fourth-order valence-electron chi connectivity index (χ4n) is 7.33. The molecule has 0 saturated heterocycles. The zero-order valence-electron chi connectivity index (χ0n) is 27.0. The summed E-state index contributed by atoms with van der Waals surface area (Å²) in [6.07, 6.45) is 0. The van der Waals surface area contributed by atoms with Crippen LogP contribution in [0.5, 0.6) is 0 Å². The fourth-order valence-corrected chi connectivity index (χ4v) is 7.33. The third-order valence-electron chi connectivity index (χ3n) is 9.57. The van der Waals surface area contributed by atoms with E-state index in [1.165, 1.54) is 10.8 Å². The fraction of sp³-hybridized carbons (Fsp3) is 0. The van der Waals surface area contributed by atoms with Crippen LogP contribution >= 0.6 is 0 Å². The van der Waals surface area contributed by atoms with Crippen LogP contribution in [0.15, 0.2) is 176 Å². The molecule has 0 unspecified atom stereocenters. The molecular weight excluding hydrogens is 611 g/mol. The largest absolute Gasteiger partial charge is 0.307 e. The van der Waals surface area contributed by atoms with Crippen LogP contribution in [0.1, 0.15) is 0 Å². The average Bonchev–Trinajstić information content (AvgIpc) is 3.72. The molecule has 0 aliphatic heterocycles. The second kappa shape index (κ2) is 11.4. The van der Waals surface area contributed by atoms with Crippen molar-refractivity contribution < 1.29 is 0 Å². The standard InChI is InChI=1S/C45H29N5/c1-4-15-30(16-5-1)32-19-14-20-33(29-32)44-46-43(31-17-6-2-7-18-31)47-45(48-44)50-40-26-13-11-24-36(40)38-28-27-37-35-23-10-12-25-39(35)49(41(37)42(38)50)34-21-8-3-9-22-34/h1-29H. The van der Waals surface area contributed by atoms with Crippen LogP contribution in [0.2, 0.25) is 0 Å². The number of aromatic nitrogens is 5. The van der Waals surface area contributed by atoms with E-state index in [0.717, 1.165) is 60.8 Å². The van der Waals surface area contributed by atoms with Gasteiger partial charge in [0, 0.05) is 38.4 Å². The summed E-state index contributed by atoms with van der Waals surface area (Å²) in [6.45, 7) is 0. The van der Waals surface area contributed by atoms with E-state index >= 15 is 0 Å². The summed E-state index contributed by atoms with van der Waals surface area (Å²) in [5.74, 6) is 1.81. The molecule has 5 nitrogen and oxygen atoms in total. The van der Waals surface area contributed by atoms with Gasteiger partial charge < -0.3 is 4.57 Å². The molecule has 5 heteroatoms. The molecule has 0 radical (unpaired) electrons. The summed E-state index contributed by atoms with van der Waals surface area (Å²) in [4.78, 5) is 15.6. The van der Waals surface area contributed by atoms with Crippen molar-refractivity contribution in [2.75, 3.05) is 0 Å². The molecule has 0 spiro atoms. The monoisotopic (exact) mass is 639 g/mol. The van der Waals surface area contributed by atoms with Gasteiger partial charge in [0.15, 0.2) is 11.6 Å². The quantitative estimate of drug-likeness (QED) is 0.188. The number of para-hydroxylation sites is 3. The van der Waals surface area contributed by atoms with E-state index in [4.69, 9.17) is 15.0 Å². The normalized spacial score (nSPS) is 11.6. The summed E-state index contributed by atoms with van der Waals surface area (Å²) in [5, 5.41) is 4.66. The molecule has 0 fully saturated rings. The third kappa shape index (κ3) is 4.45. The Kier molecular flexibility index (Phi) is 6.42. The molecule has 10 aromatic rings. The van der Waals surface area contributed by atoms with Crippen LogP contribution in [-0.2, 0) is 0 Å². The van der Waals surface area contributed by atoms with Gasteiger partial charge in [-0.05, 0) is 41.5 Å². The molecule has 234 valence electrons. The zero-order valence-corrected chi connectivity index (χ0v) is 27.0. The molecule has 0 bridgehead atoms. The Balaban J connectivity index is 1.33. The average molecular weight is 640 g/mol. The number of rotatable bonds is 5. The summed E-state index contributed by atoms with van der Waals surface area (Å²) < 4.78 is 4.62. The Labute approximate surface area is 288 Å². The van der Waals surface area contributed by atoms with Crippen molar-refractivity contribution >= 4 is 43.6 Å². The van der Waals surface area contributed by atoms with E-state index in [2.05, 4.69) is 161 Å². The van der Waals surface area contributed by atoms with Gasteiger partial charge in [-0.2, -0.15) is 9.97 Å². The van der Waals surface area contributed by atoms with Gasteiger partial charge in [-0.3, -0.25) is 4.57 Å². The van der Waals surface area contributed by atoms with Crippen LogP contribution in [0.3, 0.4) is 0 Å². The van der Waals surface area contributed by atoms with Gasteiger partial charge in [-0.15, -0.1) is 0 Å². The lowest BCUT2D eigenvalue weighted by Crippen LogP contribution is -2.07. The number of hydrogen-bond acceptors (Lipinski definition) is 3. The van der Waals surface area contributed by atoms with E-state index < -0.39 is 0 Å². The van der Waals surface area contributed by atoms with Gasteiger partial charge in [0.05, 0.1) is 22.1 Å². The van der Waals surface area contributed by atoms with Crippen molar-refractivity contribution in [1.29, 1.82) is 0 Å². The Bertz CT molecular complexity index is 2850. The first-order valence-corrected chi connectivity index (χ1v) is 16.8. The SMILES string of the molecule is c1ccc(-c2cccc(-c3nc(-c4ccccc4)nc(-n4c5ccccc5c5ccc6c7ccccc7n(-c7ccccc7)c6c54)n3)c2)cc1. The van der Waals surface area contributed by atoms with E-state index in [9.17, 15) is 0 Å². The van der Waals surface area contributed by atoms with Gasteiger partial charge in [-0.25, -0.2) is 4.98 Å². The lowest BCUT2D eigenvalue weighted by Gasteiger charge is -2.13. The lowest BCUT2D eigenvalue weighted by atomic mass is 10.0. The summed E-state index contributed by atoms with van der Waals surface area (Å²) >= 11 is 0. The lowest BCUT2D eigenvalue weighted by molar-refractivity contribution is 0.953. The highest BCUT2D eigenvalue weighted by molar-refractivity contribution is 6.23. The molecule has 0 N–H and O–H groups in total. The minimum atomic E-state index is 0.572. The molecule has 0 aliphatic carbocycles. The summed E-state index contributed by atoms with van der Waals surface area (Å²) in [5.41, 5.74) is 9.56. The van der Waals surface area contributed by atoms with Gasteiger partial charge in [0.2, 0.25) is 5.95 Å². The van der Waals surface area contributed by atoms with Gasteiger partial charge in [0.25, 0.3) is 0 Å². The number of fused-ring (bicyclic) bond motifs is 7. The highest BCUT2D eigenvalue weighted by atomic mass is 15.2. The molecule has 0 aliphatic rings. The maximum atomic E-state index is 5.30. The number of benzene rings is 7. The van der Waals surface area contributed by atoms with Crippen LogP contribution in [0.25, 0.3) is 89.2 Å². The highest BCUT2D eigenvalue weighted by Gasteiger charge is 2.23. The second-order valence-electron chi connectivity index (χ2n) is 12.5. The van der Waals surface area contributed by atoms with Crippen molar-refractivity contribution in [1.82, 2.24) is 24.1 Å². The topological polar surface area (TPSA) is 48.5 Å². The van der Waals surface area contributed by atoms with Crippen LogP contribution in [0.4, 0.5) is 0 Å². The molecule has 3 heterocycles. The van der Waals surface area contributed by atoms with Gasteiger partial charge in [0.1, 0.15) is 0 Å². The van der Waals surface area contributed by atoms with Crippen molar-refractivity contribution in [2.45, 2.75) is 0 Å². The summed E-state index contributed by atoms with van der Waals surface area (Å²) in [7, 11) is 0. The molecule has 0 amide bonds. The minimum Gasteiger partial charge on any atom is -0.307 e. The predicted molar refractivity (Wildman–Crippen MR) is 205 cm³/mol. The molecule has 0 atom stereocenters. The predicted octanol–water partition coefficient (Wildman–Crippen LogP) is 11.1. The van der Waals surface area contributed by atoms with Crippen LogP contribution in [-0.4, -0.2) is 24.1 Å². The number of hydrogen-bond donors (Lipinski definition) is 0.